The molecule has 10 heteroatoms. The number of hydrogen-bond donors (Lipinski definition) is 1. The van der Waals surface area contributed by atoms with Gasteiger partial charge in [0.1, 0.15) is 12.3 Å². The summed E-state index contributed by atoms with van der Waals surface area (Å²) in [6, 6.07) is 14.4. The molecular formula is C25H18Cl4N2O4. The first-order chi connectivity index (χ1) is 16.8. The molecule has 180 valence electrons. The van der Waals surface area contributed by atoms with E-state index >= 15 is 0 Å². The molecule has 0 radical (unpaired) electrons. The molecule has 3 amide bonds. The van der Waals surface area contributed by atoms with Crippen molar-refractivity contribution in [3.63, 3.8) is 0 Å². The Labute approximate surface area is 221 Å². The summed E-state index contributed by atoms with van der Waals surface area (Å²) < 4.78 is 11.6. The van der Waals surface area contributed by atoms with Gasteiger partial charge in [-0.05, 0) is 66.6 Å². The lowest BCUT2D eigenvalue weighted by atomic mass is 10.1. The lowest BCUT2D eigenvalue weighted by Crippen LogP contribution is -2.30. The van der Waals surface area contributed by atoms with Gasteiger partial charge in [-0.2, -0.15) is 0 Å². The lowest BCUT2D eigenvalue weighted by Gasteiger charge is -2.15. The van der Waals surface area contributed by atoms with Gasteiger partial charge in [-0.15, -0.1) is 0 Å². The molecule has 1 saturated heterocycles. The van der Waals surface area contributed by atoms with Gasteiger partial charge in [0, 0.05) is 5.02 Å². The highest BCUT2D eigenvalue weighted by Crippen LogP contribution is 2.38. The fourth-order valence-corrected chi connectivity index (χ4v) is 4.19. The predicted octanol–water partition coefficient (Wildman–Crippen LogP) is 7.38. The standard InChI is InChI=1S/C25H18Cl4N2O4/c1-2-34-22-11-15(9-20(29)23(22)35-13-14-6-7-18(27)19(28)8-14)10-21-24(32)31(25(33)30-21)17-5-3-4-16(26)12-17/h3-12H,2,13H2,1H3,(H,30,33)/b21-10+. The summed E-state index contributed by atoms with van der Waals surface area (Å²) in [4.78, 5) is 26.4. The predicted molar refractivity (Wildman–Crippen MR) is 139 cm³/mol. The molecule has 1 heterocycles. The fraction of sp³-hybridized carbons (Fsp3) is 0.120. The number of benzene rings is 3. The summed E-state index contributed by atoms with van der Waals surface area (Å²) in [6.45, 7) is 2.36. The Hall–Kier alpha value is -2.90. The first kappa shape index (κ1) is 25.2. The van der Waals surface area contributed by atoms with Crippen LogP contribution < -0.4 is 19.7 Å². The summed E-state index contributed by atoms with van der Waals surface area (Å²) in [6.07, 6.45) is 1.52. The van der Waals surface area contributed by atoms with Gasteiger partial charge < -0.3 is 14.8 Å². The topological polar surface area (TPSA) is 67.9 Å². The molecule has 0 atom stereocenters. The van der Waals surface area contributed by atoms with Crippen LogP contribution in [0.2, 0.25) is 20.1 Å². The summed E-state index contributed by atoms with van der Waals surface area (Å²) >= 11 is 24.6. The Morgan fingerprint density at radius 2 is 1.71 bits per heavy atom. The number of halogens is 4. The van der Waals surface area contributed by atoms with Crippen LogP contribution in [0, 0.1) is 0 Å². The number of hydrogen-bond acceptors (Lipinski definition) is 4. The number of ether oxygens (including phenoxy) is 2. The minimum Gasteiger partial charge on any atom is -0.490 e. The molecule has 3 aromatic carbocycles. The zero-order valence-corrected chi connectivity index (χ0v) is 21.3. The minimum absolute atomic E-state index is 0.0814. The molecule has 1 aliphatic rings. The van der Waals surface area contributed by atoms with Crippen LogP contribution in [-0.2, 0) is 11.4 Å². The van der Waals surface area contributed by atoms with Crippen molar-refractivity contribution >= 4 is 70.1 Å². The van der Waals surface area contributed by atoms with E-state index in [-0.39, 0.29) is 17.3 Å². The van der Waals surface area contributed by atoms with Crippen LogP contribution in [0.25, 0.3) is 6.08 Å². The fourth-order valence-electron chi connectivity index (χ4n) is 3.41. The summed E-state index contributed by atoms with van der Waals surface area (Å²) in [5, 5.41) is 4.12. The largest absolute Gasteiger partial charge is 0.490 e. The Morgan fingerprint density at radius 1 is 0.914 bits per heavy atom. The van der Waals surface area contributed by atoms with E-state index in [4.69, 9.17) is 55.9 Å². The smallest absolute Gasteiger partial charge is 0.333 e. The summed E-state index contributed by atoms with van der Waals surface area (Å²) in [5.74, 6) is 0.200. The molecule has 0 aliphatic carbocycles. The maximum atomic E-state index is 12.9. The van der Waals surface area contributed by atoms with Crippen LogP contribution in [0.1, 0.15) is 18.1 Å². The van der Waals surface area contributed by atoms with Crippen LogP contribution >= 0.6 is 46.4 Å². The average molecular weight is 552 g/mol. The number of nitrogens with one attached hydrogen (secondary N) is 1. The Bertz CT molecular complexity index is 1340. The summed E-state index contributed by atoms with van der Waals surface area (Å²) in [5.41, 5.74) is 1.78. The second-order valence-corrected chi connectivity index (χ2v) is 9.07. The molecule has 1 N–H and O–H groups in total. The van der Waals surface area contributed by atoms with Gasteiger partial charge in [0.2, 0.25) is 0 Å². The van der Waals surface area contributed by atoms with Crippen molar-refractivity contribution in [1.29, 1.82) is 0 Å². The minimum atomic E-state index is -0.582. The van der Waals surface area contributed by atoms with Crippen LogP contribution in [-0.4, -0.2) is 18.5 Å². The number of anilines is 1. The monoisotopic (exact) mass is 550 g/mol. The highest BCUT2D eigenvalue weighted by molar-refractivity contribution is 6.42. The quantitative estimate of drug-likeness (QED) is 0.246. The number of carbonyl (C=O) groups is 2. The summed E-state index contributed by atoms with van der Waals surface area (Å²) in [7, 11) is 0. The van der Waals surface area contributed by atoms with Crippen molar-refractivity contribution in [3.05, 3.63) is 91.5 Å². The van der Waals surface area contributed by atoms with Crippen molar-refractivity contribution in [2.24, 2.45) is 0 Å². The van der Waals surface area contributed by atoms with Crippen LogP contribution in [0.15, 0.2) is 60.3 Å². The second-order valence-electron chi connectivity index (χ2n) is 7.41. The number of imide groups is 1. The van der Waals surface area contributed by atoms with E-state index in [1.807, 2.05) is 6.92 Å². The molecule has 0 spiro atoms. The van der Waals surface area contributed by atoms with E-state index in [1.165, 1.54) is 12.1 Å². The van der Waals surface area contributed by atoms with E-state index in [0.29, 0.717) is 44.4 Å². The Kier molecular flexibility index (Phi) is 7.77. The number of urea groups is 1. The molecule has 6 nitrogen and oxygen atoms in total. The highest BCUT2D eigenvalue weighted by Gasteiger charge is 2.35. The van der Waals surface area contributed by atoms with E-state index in [9.17, 15) is 9.59 Å². The third-order valence-corrected chi connectivity index (χ3v) is 6.21. The van der Waals surface area contributed by atoms with Gasteiger partial charge in [-0.25, -0.2) is 9.69 Å². The average Bonchev–Trinajstić information content (AvgIpc) is 3.08. The first-order valence-corrected chi connectivity index (χ1v) is 11.9. The van der Waals surface area contributed by atoms with Crippen molar-refractivity contribution in [2.75, 3.05) is 11.5 Å². The number of amides is 3. The van der Waals surface area contributed by atoms with Crippen molar-refractivity contribution in [1.82, 2.24) is 5.32 Å². The van der Waals surface area contributed by atoms with E-state index < -0.39 is 11.9 Å². The van der Waals surface area contributed by atoms with E-state index in [1.54, 1.807) is 48.5 Å². The van der Waals surface area contributed by atoms with Crippen molar-refractivity contribution < 1.29 is 19.1 Å². The Morgan fingerprint density at radius 3 is 2.43 bits per heavy atom. The maximum absolute atomic E-state index is 12.9. The molecular weight excluding hydrogens is 534 g/mol. The molecule has 0 saturated carbocycles. The molecule has 0 bridgehead atoms. The van der Waals surface area contributed by atoms with Gasteiger partial charge in [0.25, 0.3) is 5.91 Å². The lowest BCUT2D eigenvalue weighted by molar-refractivity contribution is -0.113. The Balaban J connectivity index is 1.60. The molecule has 1 aliphatic heterocycles. The van der Waals surface area contributed by atoms with Gasteiger partial charge in [-0.1, -0.05) is 58.5 Å². The third-order valence-electron chi connectivity index (χ3n) is 4.95. The van der Waals surface area contributed by atoms with Crippen LogP contribution in [0.4, 0.5) is 10.5 Å². The van der Waals surface area contributed by atoms with Crippen molar-refractivity contribution in [3.8, 4) is 11.5 Å². The van der Waals surface area contributed by atoms with E-state index in [0.717, 1.165) is 10.5 Å². The molecule has 35 heavy (non-hydrogen) atoms. The number of nitrogens with zero attached hydrogens (tertiary/aromatic N) is 1. The van der Waals surface area contributed by atoms with Gasteiger partial charge in [-0.3, -0.25) is 4.79 Å². The van der Waals surface area contributed by atoms with Gasteiger partial charge in [0.15, 0.2) is 11.5 Å². The second kappa shape index (κ2) is 10.8. The first-order valence-electron chi connectivity index (χ1n) is 10.4. The van der Waals surface area contributed by atoms with Crippen LogP contribution in [0.5, 0.6) is 11.5 Å². The molecule has 4 rings (SSSR count). The molecule has 1 fully saturated rings. The molecule has 0 aromatic heterocycles. The van der Waals surface area contributed by atoms with Gasteiger partial charge >= 0.3 is 6.03 Å². The maximum Gasteiger partial charge on any atom is 0.333 e. The molecule has 3 aromatic rings. The normalized spacial score (nSPS) is 14.4. The number of rotatable bonds is 7. The highest BCUT2D eigenvalue weighted by atomic mass is 35.5. The zero-order valence-electron chi connectivity index (χ0n) is 18.3. The third kappa shape index (κ3) is 5.68. The van der Waals surface area contributed by atoms with Crippen LogP contribution in [0.3, 0.4) is 0 Å². The van der Waals surface area contributed by atoms with Gasteiger partial charge in [0.05, 0.1) is 27.4 Å². The van der Waals surface area contributed by atoms with Crippen molar-refractivity contribution in [2.45, 2.75) is 13.5 Å². The number of carbonyl (C=O) groups excluding carboxylic acids is 2. The SMILES string of the molecule is CCOc1cc(/C=C2/NC(=O)N(c3cccc(Cl)c3)C2=O)cc(Cl)c1OCc1ccc(Cl)c(Cl)c1. The molecule has 0 unspecified atom stereocenters. The zero-order chi connectivity index (χ0) is 25.1. The van der Waals surface area contributed by atoms with E-state index in [2.05, 4.69) is 5.32 Å².